The van der Waals surface area contributed by atoms with Gasteiger partial charge in [-0.3, -0.25) is 0 Å². The number of nitriles is 2. The Bertz CT molecular complexity index is 696. The van der Waals surface area contributed by atoms with Crippen LogP contribution in [0, 0.1) is 22.7 Å². The predicted molar refractivity (Wildman–Crippen MR) is 84.0 cm³/mol. The van der Waals surface area contributed by atoms with E-state index >= 15 is 0 Å². The van der Waals surface area contributed by atoms with Crippen molar-refractivity contribution in [2.45, 2.75) is 9.79 Å². The second kappa shape index (κ2) is 7.35. The van der Waals surface area contributed by atoms with Gasteiger partial charge in [0.25, 0.3) is 0 Å². The normalized spacial score (nSPS) is 9.67. The summed E-state index contributed by atoms with van der Waals surface area (Å²) in [6.07, 6.45) is 0. The van der Waals surface area contributed by atoms with E-state index in [2.05, 4.69) is 17.5 Å². The predicted octanol–water partition coefficient (Wildman–Crippen LogP) is 2.95. The van der Waals surface area contributed by atoms with Crippen molar-refractivity contribution in [2.75, 3.05) is 18.4 Å². The molecule has 2 aromatic carbocycles. The second-order valence-corrected chi connectivity index (χ2v) is 5.39. The van der Waals surface area contributed by atoms with Crippen LogP contribution in [-0.2, 0) is 0 Å². The van der Waals surface area contributed by atoms with E-state index in [9.17, 15) is 0 Å². The zero-order valence-electron chi connectivity index (χ0n) is 11.3. The van der Waals surface area contributed by atoms with Gasteiger partial charge in [-0.15, -0.1) is 0 Å². The summed E-state index contributed by atoms with van der Waals surface area (Å²) < 4.78 is 0. The van der Waals surface area contributed by atoms with Crippen LogP contribution in [0.3, 0.4) is 0 Å². The highest BCUT2D eigenvalue weighted by Crippen LogP contribution is 2.31. The summed E-state index contributed by atoms with van der Waals surface area (Å²) in [7, 11) is 0. The Balaban J connectivity index is 2.18. The van der Waals surface area contributed by atoms with Gasteiger partial charge in [0.2, 0.25) is 0 Å². The molecule has 2 aromatic rings. The third-order valence-electron chi connectivity index (χ3n) is 2.79. The molecule has 0 radical (unpaired) electrons. The molecule has 0 unspecified atom stereocenters. The lowest BCUT2D eigenvalue weighted by Crippen LogP contribution is -2.12. The quantitative estimate of drug-likeness (QED) is 0.885. The first-order valence-corrected chi connectivity index (χ1v) is 7.24. The average Bonchev–Trinajstić information content (AvgIpc) is 2.54. The summed E-state index contributed by atoms with van der Waals surface area (Å²) in [4.78, 5) is 1.80. The minimum Gasteiger partial charge on any atom is -0.384 e. The molecule has 5 heteroatoms. The summed E-state index contributed by atoms with van der Waals surface area (Å²) in [5, 5.41) is 21.3. The lowest BCUT2D eigenvalue weighted by Gasteiger charge is -2.07. The molecule has 21 heavy (non-hydrogen) atoms. The highest BCUT2D eigenvalue weighted by Gasteiger charge is 2.06. The van der Waals surface area contributed by atoms with Crippen molar-refractivity contribution in [3.63, 3.8) is 0 Å². The number of hydrogen-bond donors (Lipinski definition) is 2. The van der Waals surface area contributed by atoms with Crippen LogP contribution in [0.15, 0.2) is 52.3 Å². The molecule has 0 saturated heterocycles. The lowest BCUT2D eigenvalue weighted by atomic mass is 10.2. The Morgan fingerprint density at radius 1 is 1.05 bits per heavy atom. The van der Waals surface area contributed by atoms with Gasteiger partial charge in [0.15, 0.2) is 0 Å². The average molecular weight is 294 g/mol. The standard InChI is InChI=1S/C16H14N4S/c17-7-8-20-14-3-5-15(6-4-14)21-16-9-12(10-18)1-2-13(16)11-19/h1-6,9,20H,7-8,17H2. The highest BCUT2D eigenvalue weighted by molar-refractivity contribution is 7.99. The highest BCUT2D eigenvalue weighted by atomic mass is 32.2. The molecule has 0 aliphatic heterocycles. The van der Waals surface area contributed by atoms with Crippen LogP contribution in [0.5, 0.6) is 0 Å². The number of nitrogens with one attached hydrogen (secondary N) is 1. The number of nitrogens with two attached hydrogens (primary N) is 1. The molecule has 0 aliphatic carbocycles. The maximum absolute atomic E-state index is 9.13. The molecule has 0 aliphatic rings. The first kappa shape index (κ1) is 14.9. The van der Waals surface area contributed by atoms with Gasteiger partial charge in [0, 0.05) is 28.6 Å². The molecule has 0 bridgehead atoms. The molecule has 4 nitrogen and oxygen atoms in total. The van der Waals surface area contributed by atoms with Crippen LogP contribution in [0.1, 0.15) is 11.1 Å². The SMILES string of the molecule is N#Cc1ccc(C#N)c(Sc2ccc(NCCN)cc2)c1. The number of anilines is 1. The summed E-state index contributed by atoms with van der Waals surface area (Å²) in [5.74, 6) is 0. The minimum atomic E-state index is 0.553. The topological polar surface area (TPSA) is 85.6 Å². The molecule has 0 aromatic heterocycles. The fraction of sp³-hybridized carbons (Fsp3) is 0.125. The first-order chi connectivity index (χ1) is 10.3. The van der Waals surface area contributed by atoms with E-state index in [4.69, 9.17) is 16.3 Å². The molecule has 2 rings (SSSR count). The van der Waals surface area contributed by atoms with Crippen LogP contribution in [0.25, 0.3) is 0 Å². The van der Waals surface area contributed by atoms with Crippen LogP contribution >= 0.6 is 11.8 Å². The van der Waals surface area contributed by atoms with E-state index in [0.717, 1.165) is 22.0 Å². The maximum atomic E-state index is 9.13. The first-order valence-electron chi connectivity index (χ1n) is 6.43. The molecule has 0 saturated carbocycles. The third-order valence-corrected chi connectivity index (χ3v) is 3.85. The van der Waals surface area contributed by atoms with Gasteiger partial charge < -0.3 is 11.1 Å². The molecule has 0 fully saturated rings. The lowest BCUT2D eigenvalue weighted by molar-refractivity contribution is 1.02. The summed E-state index contributed by atoms with van der Waals surface area (Å²) in [6, 6.07) is 17.2. The molecule has 0 amide bonds. The Morgan fingerprint density at radius 2 is 1.81 bits per heavy atom. The molecular formula is C16H14N4S. The van der Waals surface area contributed by atoms with E-state index in [1.807, 2.05) is 24.3 Å². The van der Waals surface area contributed by atoms with Crippen molar-refractivity contribution in [3.8, 4) is 12.1 Å². The number of rotatable bonds is 5. The van der Waals surface area contributed by atoms with E-state index in [0.29, 0.717) is 17.7 Å². The monoisotopic (exact) mass is 294 g/mol. The summed E-state index contributed by atoms with van der Waals surface area (Å²) in [6.45, 7) is 1.32. The van der Waals surface area contributed by atoms with Crippen LogP contribution in [0.4, 0.5) is 5.69 Å². The zero-order valence-corrected chi connectivity index (χ0v) is 12.2. The maximum Gasteiger partial charge on any atom is 0.100 e. The molecule has 0 heterocycles. The Hall–Kier alpha value is -2.47. The fourth-order valence-electron chi connectivity index (χ4n) is 1.75. The largest absolute Gasteiger partial charge is 0.384 e. The number of benzene rings is 2. The van der Waals surface area contributed by atoms with Gasteiger partial charge in [0.1, 0.15) is 6.07 Å². The van der Waals surface area contributed by atoms with Crippen molar-refractivity contribution in [1.29, 1.82) is 10.5 Å². The van der Waals surface area contributed by atoms with Gasteiger partial charge in [-0.1, -0.05) is 11.8 Å². The van der Waals surface area contributed by atoms with E-state index in [-0.39, 0.29) is 0 Å². The summed E-state index contributed by atoms with van der Waals surface area (Å²) >= 11 is 1.47. The van der Waals surface area contributed by atoms with Gasteiger partial charge in [-0.05, 0) is 42.5 Å². The van der Waals surface area contributed by atoms with Crippen molar-refractivity contribution in [1.82, 2.24) is 0 Å². The molecule has 0 atom stereocenters. The van der Waals surface area contributed by atoms with Gasteiger partial charge >= 0.3 is 0 Å². The fourth-order valence-corrected chi connectivity index (χ4v) is 2.69. The molecular weight excluding hydrogens is 280 g/mol. The van der Waals surface area contributed by atoms with Crippen molar-refractivity contribution in [3.05, 3.63) is 53.6 Å². The number of hydrogen-bond acceptors (Lipinski definition) is 5. The Labute approximate surface area is 128 Å². The van der Waals surface area contributed by atoms with Crippen molar-refractivity contribution in [2.24, 2.45) is 5.73 Å². The van der Waals surface area contributed by atoms with Crippen molar-refractivity contribution >= 4 is 17.4 Å². The van der Waals surface area contributed by atoms with Gasteiger partial charge in [0.05, 0.1) is 17.2 Å². The smallest absolute Gasteiger partial charge is 0.100 e. The molecule has 3 N–H and O–H groups in total. The third kappa shape index (κ3) is 4.00. The number of nitrogens with zero attached hydrogens (tertiary/aromatic N) is 2. The van der Waals surface area contributed by atoms with Crippen LogP contribution < -0.4 is 11.1 Å². The molecule has 104 valence electrons. The van der Waals surface area contributed by atoms with E-state index in [1.165, 1.54) is 11.8 Å². The van der Waals surface area contributed by atoms with Gasteiger partial charge in [-0.25, -0.2) is 0 Å². The van der Waals surface area contributed by atoms with Crippen LogP contribution in [0.2, 0.25) is 0 Å². The van der Waals surface area contributed by atoms with E-state index in [1.54, 1.807) is 18.2 Å². The van der Waals surface area contributed by atoms with Crippen molar-refractivity contribution < 1.29 is 0 Å². The Morgan fingerprint density at radius 3 is 2.43 bits per heavy atom. The minimum absolute atomic E-state index is 0.553. The Kier molecular flexibility index (Phi) is 5.22. The van der Waals surface area contributed by atoms with E-state index < -0.39 is 0 Å². The van der Waals surface area contributed by atoms with Gasteiger partial charge in [-0.2, -0.15) is 10.5 Å². The zero-order chi connectivity index (χ0) is 15.1. The summed E-state index contributed by atoms with van der Waals surface area (Å²) in [5.41, 5.74) is 7.58. The molecule has 0 spiro atoms. The second-order valence-electron chi connectivity index (χ2n) is 4.28. The van der Waals surface area contributed by atoms with Crippen LogP contribution in [-0.4, -0.2) is 13.1 Å².